The quantitative estimate of drug-likeness (QED) is 0.641. The highest BCUT2D eigenvalue weighted by Crippen LogP contribution is 2.36. The van der Waals surface area contributed by atoms with Gasteiger partial charge in [-0.25, -0.2) is 0 Å². The van der Waals surface area contributed by atoms with Gasteiger partial charge in [-0.05, 0) is 51.7 Å². The van der Waals surface area contributed by atoms with Gasteiger partial charge in [0.15, 0.2) is 0 Å². The van der Waals surface area contributed by atoms with Crippen LogP contribution in [0.3, 0.4) is 0 Å². The van der Waals surface area contributed by atoms with Crippen molar-refractivity contribution in [3.63, 3.8) is 0 Å². The fourth-order valence-corrected chi connectivity index (χ4v) is 2.33. The first-order valence-corrected chi connectivity index (χ1v) is 7.99. The molecule has 6 heteroatoms. The maximum Gasteiger partial charge on any atom is 0.494 e. The summed E-state index contributed by atoms with van der Waals surface area (Å²) in [4.78, 5) is 12.2. The van der Waals surface area contributed by atoms with Crippen LogP contribution in [0.1, 0.15) is 44.5 Å². The van der Waals surface area contributed by atoms with Crippen LogP contribution in [0.5, 0.6) is 0 Å². The second-order valence-corrected chi connectivity index (χ2v) is 6.82. The number of rotatable bonds is 6. The van der Waals surface area contributed by atoms with Crippen LogP contribution in [0, 0.1) is 0 Å². The molecule has 0 unspecified atom stereocenters. The molecule has 0 radical (unpaired) electrons. The Bertz CT molecular complexity index is 543. The monoisotopic (exact) mass is 319 g/mol. The lowest BCUT2D eigenvalue weighted by molar-refractivity contribution is 0.00578. The van der Waals surface area contributed by atoms with Crippen molar-refractivity contribution in [3.05, 3.63) is 29.8 Å². The van der Waals surface area contributed by atoms with Gasteiger partial charge in [0.05, 0.1) is 11.2 Å². The molecule has 1 amide bonds. The zero-order valence-electron chi connectivity index (χ0n) is 14.6. The lowest BCUT2D eigenvalue weighted by Crippen LogP contribution is -2.41. The van der Waals surface area contributed by atoms with Crippen molar-refractivity contribution in [1.82, 2.24) is 5.32 Å². The number of amides is 1. The van der Waals surface area contributed by atoms with Crippen molar-refractivity contribution in [2.24, 2.45) is 0 Å². The van der Waals surface area contributed by atoms with E-state index < -0.39 is 18.3 Å². The molecule has 0 aromatic heterocycles. The molecule has 1 aliphatic heterocycles. The molecule has 1 aromatic rings. The summed E-state index contributed by atoms with van der Waals surface area (Å²) in [7, 11) is 1.19. The summed E-state index contributed by atoms with van der Waals surface area (Å²) in [5, 5.41) is 2.88. The number of methoxy groups -OCH3 is 1. The molecule has 0 atom stereocenters. The maximum atomic E-state index is 12.2. The van der Waals surface area contributed by atoms with Crippen LogP contribution in [-0.4, -0.2) is 44.5 Å². The normalized spacial score (nSPS) is 18.9. The van der Waals surface area contributed by atoms with E-state index in [0.717, 1.165) is 11.9 Å². The number of benzene rings is 1. The minimum Gasteiger partial charge on any atom is -0.399 e. The number of hydrogen-bond donors (Lipinski definition) is 1. The summed E-state index contributed by atoms with van der Waals surface area (Å²) >= 11 is 0. The van der Waals surface area contributed by atoms with Crippen LogP contribution in [0.25, 0.3) is 0 Å². The molecule has 0 spiro atoms. The third-order valence-corrected chi connectivity index (χ3v) is 4.49. The minimum absolute atomic E-state index is 0.0977. The zero-order chi connectivity index (χ0) is 17.1. The van der Waals surface area contributed by atoms with Gasteiger partial charge in [-0.1, -0.05) is 12.1 Å². The smallest absolute Gasteiger partial charge is 0.399 e. The van der Waals surface area contributed by atoms with Crippen molar-refractivity contribution in [1.29, 1.82) is 0 Å². The summed E-state index contributed by atoms with van der Waals surface area (Å²) in [6.45, 7) is 9.28. The summed E-state index contributed by atoms with van der Waals surface area (Å²) in [6.07, 6.45) is 0.791. The van der Waals surface area contributed by atoms with E-state index in [9.17, 15) is 4.79 Å². The van der Waals surface area contributed by atoms with Crippen molar-refractivity contribution < 1.29 is 18.8 Å². The van der Waals surface area contributed by atoms with E-state index in [1.807, 2.05) is 45.9 Å². The van der Waals surface area contributed by atoms with Gasteiger partial charge in [-0.3, -0.25) is 4.79 Å². The van der Waals surface area contributed by atoms with Crippen molar-refractivity contribution >= 4 is 18.5 Å². The topological polar surface area (TPSA) is 56.8 Å². The molecule has 126 valence electrons. The molecule has 0 bridgehead atoms. The van der Waals surface area contributed by atoms with Crippen molar-refractivity contribution in [2.45, 2.75) is 45.3 Å². The van der Waals surface area contributed by atoms with Gasteiger partial charge in [0.25, 0.3) is 5.91 Å². The Labute approximate surface area is 138 Å². The second kappa shape index (κ2) is 7.03. The Morgan fingerprint density at radius 1 is 1.22 bits per heavy atom. The predicted octanol–water partition coefficient (Wildman–Crippen LogP) is 1.75. The largest absolute Gasteiger partial charge is 0.494 e. The average Bonchev–Trinajstić information content (AvgIpc) is 2.72. The molecule has 0 saturated carbocycles. The molecule has 1 aromatic carbocycles. The lowest BCUT2D eigenvalue weighted by Gasteiger charge is -2.32. The van der Waals surface area contributed by atoms with Crippen LogP contribution in [0.2, 0.25) is 0 Å². The van der Waals surface area contributed by atoms with Gasteiger partial charge >= 0.3 is 7.12 Å². The molecule has 1 saturated heterocycles. The molecule has 1 heterocycles. The lowest BCUT2D eigenvalue weighted by atomic mass is 9.78. The molecular formula is C17H26BNO4. The highest BCUT2D eigenvalue weighted by molar-refractivity contribution is 6.62. The highest BCUT2D eigenvalue weighted by atomic mass is 16.7. The van der Waals surface area contributed by atoms with E-state index in [1.165, 1.54) is 0 Å². The van der Waals surface area contributed by atoms with Gasteiger partial charge in [0.2, 0.25) is 0 Å². The molecule has 2 rings (SSSR count). The minimum atomic E-state index is -0.457. The molecule has 5 nitrogen and oxygen atoms in total. The van der Waals surface area contributed by atoms with Crippen molar-refractivity contribution in [2.75, 3.05) is 20.3 Å². The van der Waals surface area contributed by atoms with E-state index in [0.29, 0.717) is 18.7 Å². The van der Waals surface area contributed by atoms with E-state index in [-0.39, 0.29) is 5.91 Å². The Balaban J connectivity index is 2.05. The maximum absolute atomic E-state index is 12.2. The molecular weight excluding hydrogens is 293 g/mol. The molecule has 0 aliphatic carbocycles. The fraction of sp³-hybridized carbons (Fsp3) is 0.588. The van der Waals surface area contributed by atoms with E-state index in [4.69, 9.17) is 14.0 Å². The van der Waals surface area contributed by atoms with E-state index in [1.54, 1.807) is 13.2 Å². The van der Waals surface area contributed by atoms with Crippen LogP contribution >= 0.6 is 0 Å². The van der Waals surface area contributed by atoms with Gasteiger partial charge < -0.3 is 19.4 Å². The fourth-order valence-electron chi connectivity index (χ4n) is 2.33. The SMILES string of the molecule is COCCCNC(=O)c1cccc(B2OC(C)(C)C(C)(C)O2)c1. The predicted molar refractivity (Wildman–Crippen MR) is 91.0 cm³/mol. The van der Waals surface area contributed by atoms with Gasteiger partial charge in [-0.2, -0.15) is 0 Å². The molecule has 23 heavy (non-hydrogen) atoms. The number of nitrogens with one attached hydrogen (secondary N) is 1. The van der Waals surface area contributed by atoms with Gasteiger partial charge in [-0.15, -0.1) is 0 Å². The Kier molecular flexibility index (Phi) is 5.50. The first-order chi connectivity index (χ1) is 10.8. The first kappa shape index (κ1) is 18.0. The average molecular weight is 319 g/mol. The van der Waals surface area contributed by atoms with E-state index in [2.05, 4.69) is 5.32 Å². The Morgan fingerprint density at radius 2 is 1.87 bits per heavy atom. The van der Waals surface area contributed by atoms with Crippen LogP contribution in [-0.2, 0) is 14.0 Å². The molecule has 1 fully saturated rings. The number of hydrogen-bond acceptors (Lipinski definition) is 4. The standard InChI is InChI=1S/C17H26BNO4/c1-16(2)17(3,4)23-18(22-16)14-9-6-8-13(12-14)15(20)19-10-7-11-21-5/h6,8-9,12H,7,10-11H2,1-5H3,(H,19,20). The zero-order valence-corrected chi connectivity index (χ0v) is 14.6. The highest BCUT2D eigenvalue weighted by Gasteiger charge is 2.51. The van der Waals surface area contributed by atoms with Crippen molar-refractivity contribution in [3.8, 4) is 0 Å². The third kappa shape index (κ3) is 4.13. The summed E-state index contributed by atoms with van der Waals surface area (Å²) in [5.41, 5.74) is 0.675. The Hall–Kier alpha value is -1.37. The van der Waals surface area contributed by atoms with Crippen LogP contribution < -0.4 is 10.8 Å². The number of ether oxygens (including phenoxy) is 1. The summed E-state index contributed by atoms with van der Waals surface area (Å²) < 4.78 is 17.0. The summed E-state index contributed by atoms with van der Waals surface area (Å²) in [5.74, 6) is -0.0977. The molecule has 1 aliphatic rings. The first-order valence-electron chi connectivity index (χ1n) is 7.99. The Morgan fingerprint density at radius 3 is 2.48 bits per heavy atom. The van der Waals surface area contributed by atoms with Gasteiger partial charge in [0, 0.05) is 25.8 Å². The van der Waals surface area contributed by atoms with Crippen LogP contribution in [0.4, 0.5) is 0 Å². The second-order valence-electron chi connectivity index (χ2n) is 6.82. The van der Waals surface area contributed by atoms with Crippen LogP contribution in [0.15, 0.2) is 24.3 Å². The third-order valence-electron chi connectivity index (χ3n) is 4.49. The number of carbonyl (C=O) groups is 1. The molecule has 1 N–H and O–H groups in total. The summed E-state index contributed by atoms with van der Waals surface area (Å²) in [6, 6.07) is 7.39. The van der Waals surface area contributed by atoms with Gasteiger partial charge in [0.1, 0.15) is 0 Å². The van der Waals surface area contributed by atoms with E-state index >= 15 is 0 Å². The number of carbonyl (C=O) groups excluding carboxylic acids is 1.